The van der Waals surface area contributed by atoms with E-state index in [9.17, 15) is 0 Å². The highest BCUT2D eigenvalue weighted by Gasteiger charge is 1.86. The van der Waals surface area contributed by atoms with Crippen LogP contribution in [0.4, 0.5) is 0 Å². The van der Waals surface area contributed by atoms with Gasteiger partial charge in [0.1, 0.15) is 6.20 Å². The van der Waals surface area contributed by atoms with Gasteiger partial charge in [-0.2, -0.15) is 5.10 Å². The normalized spacial score (nSPS) is 9.89. The van der Waals surface area contributed by atoms with Crippen LogP contribution in [0.2, 0.25) is 0 Å². The lowest BCUT2D eigenvalue weighted by atomic mass is 10.7. The summed E-state index contributed by atoms with van der Waals surface area (Å²) < 4.78 is 6.62. The molecular weight excluding hydrogens is 116 g/mol. The summed E-state index contributed by atoms with van der Waals surface area (Å²) in [6.07, 6.45) is 4.56. The summed E-state index contributed by atoms with van der Waals surface area (Å²) >= 11 is 0. The molecule has 0 spiro atoms. The highest BCUT2D eigenvalue weighted by atomic mass is 16.5. The first-order valence-electron chi connectivity index (χ1n) is 2.82. The molecule has 0 saturated carbocycles. The van der Waals surface area contributed by atoms with Crippen molar-refractivity contribution in [3.63, 3.8) is 0 Å². The van der Waals surface area contributed by atoms with Gasteiger partial charge in [0.25, 0.3) is 0 Å². The van der Waals surface area contributed by atoms with Crippen LogP contribution in [0.25, 0.3) is 0 Å². The highest BCUT2D eigenvalue weighted by molar-refractivity contribution is 4.74. The molecule has 9 heavy (non-hydrogen) atoms. The molecule has 0 unspecified atom stereocenters. The molecule has 0 aromatic carbocycles. The third-order valence-corrected chi connectivity index (χ3v) is 1.03. The minimum Gasteiger partial charge on any atom is -0.383 e. The second kappa shape index (κ2) is 3.25. The van der Waals surface area contributed by atoms with Gasteiger partial charge in [-0.15, -0.1) is 0 Å². The van der Waals surface area contributed by atoms with Crippen LogP contribution in [0.5, 0.6) is 0 Å². The third kappa shape index (κ3) is 1.85. The zero-order valence-electron chi connectivity index (χ0n) is 5.37. The Kier molecular flexibility index (Phi) is 2.27. The molecule has 1 rings (SSSR count). The van der Waals surface area contributed by atoms with Gasteiger partial charge >= 0.3 is 0 Å². The molecule has 0 saturated heterocycles. The average Bonchev–Trinajstić information content (AvgIpc) is 2.34. The first kappa shape index (κ1) is 6.29. The SMILES string of the molecule is COCCn1cc[c]n1. The molecule has 0 bridgehead atoms. The summed E-state index contributed by atoms with van der Waals surface area (Å²) in [5.41, 5.74) is 0. The van der Waals surface area contributed by atoms with Crippen LogP contribution >= 0.6 is 0 Å². The zero-order valence-corrected chi connectivity index (χ0v) is 5.37. The first-order valence-corrected chi connectivity index (χ1v) is 2.82. The highest BCUT2D eigenvalue weighted by Crippen LogP contribution is 1.82. The molecule has 49 valence electrons. The monoisotopic (exact) mass is 125 g/mol. The van der Waals surface area contributed by atoms with Gasteiger partial charge in [0.05, 0.1) is 13.2 Å². The summed E-state index contributed by atoms with van der Waals surface area (Å²) in [6.45, 7) is 1.51. The van der Waals surface area contributed by atoms with Gasteiger partial charge in [0.15, 0.2) is 0 Å². The van der Waals surface area contributed by atoms with Crippen LogP contribution in [0.15, 0.2) is 12.3 Å². The molecule has 0 atom stereocenters. The molecule has 3 heteroatoms. The van der Waals surface area contributed by atoms with E-state index < -0.39 is 0 Å². The van der Waals surface area contributed by atoms with Gasteiger partial charge in [0, 0.05) is 13.3 Å². The average molecular weight is 125 g/mol. The Hall–Kier alpha value is -0.830. The van der Waals surface area contributed by atoms with E-state index in [2.05, 4.69) is 11.3 Å². The predicted molar refractivity (Wildman–Crippen MR) is 32.9 cm³/mol. The van der Waals surface area contributed by atoms with E-state index in [4.69, 9.17) is 4.74 Å². The van der Waals surface area contributed by atoms with Crippen molar-refractivity contribution in [2.45, 2.75) is 6.54 Å². The van der Waals surface area contributed by atoms with Crippen LogP contribution in [-0.4, -0.2) is 23.5 Å². The Morgan fingerprint density at radius 3 is 3.22 bits per heavy atom. The number of rotatable bonds is 3. The van der Waals surface area contributed by atoms with Crippen LogP contribution < -0.4 is 0 Å². The Morgan fingerprint density at radius 2 is 2.67 bits per heavy atom. The zero-order chi connectivity index (χ0) is 6.53. The first-order chi connectivity index (χ1) is 4.43. The predicted octanol–water partition coefficient (Wildman–Crippen LogP) is 0.330. The number of methoxy groups -OCH3 is 1. The van der Waals surface area contributed by atoms with Crippen molar-refractivity contribution in [3.8, 4) is 0 Å². The Balaban J connectivity index is 2.30. The van der Waals surface area contributed by atoms with Gasteiger partial charge in [-0.1, -0.05) is 0 Å². The molecule has 1 aromatic heterocycles. The maximum atomic E-state index is 4.84. The Bertz CT molecular complexity index is 148. The molecular formula is C6H9N2O. The quantitative estimate of drug-likeness (QED) is 0.582. The van der Waals surface area contributed by atoms with Crippen molar-refractivity contribution in [1.82, 2.24) is 9.78 Å². The summed E-state index contributed by atoms with van der Waals surface area (Å²) in [5.74, 6) is 0. The van der Waals surface area contributed by atoms with Gasteiger partial charge in [-0.05, 0) is 6.07 Å². The fraction of sp³-hybridized carbons (Fsp3) is 0.500. The maximum Gasteiger partial charge on any atom is 0.113 e. The van der Waals surface area contributed by atoms with Gasteiger partial charge in [0.2, 0.25) is 0 Å². The van der Waals surface area contributed by atoms with E-state index in [1.54, 1.807) is 17.9 Å². The maximum absolute atomic E-state index is 4.84. The number of hydrogen-bond donors (Lipinski definition) is 0. The molecule has 1 aromatic rings. The van der Waals surface area contributed by atoms with E-state index >= 15 is 0 Å². The van der Waals surface area contributed by atoms with E-state index in [1.807, 2.05) is 6.20 Å². The van der Waals surface area contributed by atoms with Gasteiger partial charge in [-0.25, -0.2) is 0 Å². The Morgan fingerprint density at radius 1 is 1.78 bits per heavy atom. The molecule has 0 N–H and O–H groups in total. The van der Waals surface area contributed by atoms with Crippen molar-refractivity contribution in [2.24, 2.45) is 0 Å². The number of ether oxygens (including phenoxy) is 1. The molecule has 0 aliphatic heterocycles. The lowest BCUT2D eigenvalue weighted by Gasteiger charge is -1.96. The lowest BCUT2D eigenvalue weighted by molar-refractivity contribution is 0.183. The molecule has 0 aliphatic carbocycles. The van der Waals surface area contributed by atoms with Crippen LogP contribution in [0.1, 0.15) is 0 Å². The van der Waals surface area contributed by atoms with Crippen molar-refractivity contribution in [1.29, 1.82) is 0 Å². The third-order valence-electron chi connectivity index (χ3n) is 1.03. The minimum absolute atomic E-state index is 0.704. The molecule has 1 radical (unpaired) electrons. The molecule has 3 nitrogen and oxygen atoms in total. The number of hydrogen-bond acceptors (Lipinski definition) is 2. The van der Waals surface area contributed by atoms with E-state index in [-0.39, 0.29) is 0 Å². The van der Waals surface area contributed by atoms with Crippen LogP contribution in [0, 0.1) is 6.20 Å². The summed E-state index contributed by atoms with van der Waals surface area (Å²) in [5, 5.41) is 3.87. The largest absolute Gasteiger partial charge is 0.383 e. The minimum atomic E-state index is 0.704. The second-order valence-electron chi connectivity index (χ2n) is 1.70. The van der Waals surface area contributed by atoms with E-state index in [0.717, 1.165) is 6.54 Å². The fourth-order valence-corrected chi connectivity index (χ4v) is 0.570. The second-order valence-corrected chi connectivity index (χ2v) is 1.70. The van der Waals surface area contributed by atoms with E-state index in [1.165, 1.54) is 0 Å². The topological polar surface area (TPSA) is 27.1 Å². The number of nitrogens with zero attached hydrogens (tertiary/aromatic N) is 2. The lowest BCUT2D eigenvalue weighted by Crippen LogP contribution is -2.03. The molecule has 0 amide bonds. The number of aromatic nitrogens is 2. The van der Waals surface area contributed by atoms with Crippen molar-refractivity contribution in [2.75, 3.05) is 13.7 Å². The van der Waals surface area contributed by atoms with Crippen molar-refractivity contribution in [3.05, 3.63) is 18.5 Å². The van der Waals surface area contributed by atoms with Gasteiger partial charge in [-0.3, -0.25) is 4.68 Å². The van der Waals surface area contributed by atoms with Gasteiger partial charge < -0.3 is 4.74 Å². The van der Waals surface area contributed by atoms with Crippen molar-refractivity contribution < 1.29 is 4.74 Å². The fourth-order valence-electron chi connectivity index (χ4n) is 0.570. The molecule has 0 fully saturated rings. The van der Waals surface area contributed by atoms with E-state index in [0.29, 0.717) is 6.61 Å². The van der Waals surface area contributed by atoms with Crippen LogP contribution in [-0.2, 0) is 11.3 Å². The molecule has 1 heterocycles. The molecule has 0 aliphatic rings. The Labute approximate surface area is 54.2 Å². The standard InChI is InChI=1S/C6H9N2O/c1-9-6-5-8-4-2-3-7-8/h2,4H,5-6H2,1H3. The summed E-state index contributed by atoms with van der Waals surface area (Å²) in [6, 6.07) is 1.77. The van der Waals surface area contributed by atoms with Crippen LogP contribution in [0.3, 0.4) is 0 Å². The van der Waals surface area contributed by atoms with Crippen molar-refractivity contribution >= 4 is 0 Å². The smallest absolute Gasteiger partial charge is 0.113 e. The summed E-state index contributed by atoms with van der Waals surface area (Å²) in [4.78, 5) is 0. The summed E-state index contributed by atoms with van der Waals surface area (Å²) in [7, 11) is 1.67.